The Labute approximate surface area is 112 Å². The van der Waals surface area contributed by atoms with Crippen molar-refractivity contribution in [2.24, 2.45) is 0 Å². The van der Waals surface area contributed by atoms with Crippen LogP contribution in [0.25, 0.3) is 0 Å². The minimum absolute atomic E-state index is 0.141. The summed E-state index contributed by atoms with van der Waals surface area (Å²) in [6.07, 6.45) is 0. The number of ether oxygens (including phenoxy) is 1. The SMILES string of the molecule is Cc1cc(C)c(C(=O)Oc2ccc(O)cc2)c(C)c1. The molecule has 2 aromatic rings. The molecule has 0 radical (unpaired) electrons. The second-order valence-electron chi connectivity index (χ2n) is 4.66. The molecule has 0 spiro atoms. The zero-order valence-electron chi connectivity index (χ0n) is 11.2. The molecule has 3 heteroatoms. The maximum Gasteiger partial charge on any atom is 0.344 e. The quantitative estimate of drug-likeness (QED) is 0.660. The van der Waals surface area contributed by atoms with Gasteiger partial charge in [0.1, 0.15) is 11.5 Å². The van der Waals surface area contributed by atoms with Crippen LogP contribution in [-0.2, 0) is 0 Å². The van der Waals surface area contributed by atoms with E-state index >= 15 is 0 Å². The summed E-state index contributed by atoms with van der Waals surface area (Å²) >= 11 is 0. The first kappa shape index (κ1) is 13.1. The van der Waals surface area contributed by atoms with E-state index in [1.165, 1.54) is 12.1 Å². The Morgan fingerprint density at radius 2 is 1.53 bits per heavy atom. The van der Waals surface area contributed by atoms with E-state index in [4.69, 9.17) is 4.74 Å². The van der Waals surface area contributed by atoms with Gasteiger partial charge in [-0.2, -0.15) is 0 Å². The van der Waals surface area contributed by atoms with Crippen molar-refractivity contribution < 1.29 is 14.6 Å². The Hall–Kier alpha value is -2.29. The molecule has 0 amide bonds. The monoisotopic (exact) mass is 256 g/mol. The third-order valence-electron chi connectivity index (χ3n) is 2.93. The number of aromatic hydroxyl groups is 1. The number of hydrogen-bond acceptors (Lipinski definition) is 3. The maximum atomic E-state index is 12.2. The molecule has 0 bridgehead atoms. The van der Waals surface area contributed by atoms with Crippen molar-refractivity contribution in [3.63, 3.8) is 0 Å². The minimum atomic E-state index is -0.374. The van der Waals surface area contributed by atoms with Crippen LogP contribution in [0, 0.1) is 20.8 Å². The highest BCUT2D eigenvalue weighted by Gasteiger charge is 2.15. The van der Waals surface area contributed by atoms with Crippen molar-refractivity contribution in [3.05, 3.63) is 58.7 Å². The summed E-state index contributed by atoms with van der Waals surface area (Å²) < 4.78 is 5.31. The number of aryl methyl sites for hydroxylation is 3. The van der Waals surface area contributed by atoms with Gasteiger partial charge in [0.15, 0.2) is 0 Å². The molecule has 0 unspecified atom stereocenters. The average molecular weight is 256 g/mol. The number of esters is 1. The van der Waals surface area contributed by atoms with Crippen molar-refractivity contribution in [3.8, 4) is 11.5 Å². The lowest BCUT2D eigenvalue weighted by Gasteiger charge is -2.10. The Bertz CT molecular complexity index is 589. The van der Waals surface area contributed by atoms with E-state index < -0.39 is 0 Å². The number of phenols is 1. The lowest BCUT2D eigenvalue weighted by Crippen LogP contribution is -2.12. The van der Waals surface area contributed by atoms with Crippen molar-refractivity contribution in [2.45, 2.75) is 20.8 Å². The molecular formula is C16H16O3. The molecule has 0 aliphatic heterocycles. The maximum absolute atomic E-state index is 12.2. The smallest absolute Gasteiger partial charge is 0.344 e. The fourth-order valence-corrected chi connectivity index (χ4v) is 2.17. The number of carbonyl (C=O) groups excluding carboxylic acids is 1. The van der Waals surface area contributed by atoms with Gasteiger partial charge in [0.2, 0.25) is 0 Å². The molecular weight excluding hydrogens is 240 g/mol. The second-order valence-corrected chi connectivity index (χ2v) is 4.66. The van der Waals surface area contributed by atoms with Crippen molar-refractivity contribution in [2.75, 3.05) is 0 Å². The highest BCUT2D eigenvalue weighted by Crippen LogP contribution is 2.21. The van der Waals surface area contributed by atoms with Crippen LogP contribution < -0.4 is 4.74 Å². The summed E-state index contributed by atoms with van der Waals surface area (Å²) in [5.74, 6) is 0.186. The number of phenolic OH excluding ortho intramolecular Hbond substituents is 1. The zero-order valence-corrected chi connectivity index (χ0v) is 11.2. The molecule has 98 valence electrons. The normalized spacial score (nSPS) is 10.3. The van der Waals surface area contributed by atoms with Crippen LogP contribution in [0.2, 0.25) is 0 Å². The van der Waals surface area contributed by atoms with Crippen LogP contribution in [0.3, 0.4) is 0 Å². The van der Waals surface area contributed by atoms with Crippen molar-refractivity contribution >= 4 is 5.97 Å². The van der Waals surface area contributed by atoms with E-state index in [-0.39, 0.29) is 11.7 Å². The fourth-order valence-electron chi connectivity index (χ4n) is 2.17. The van der Waals surface area contributed by atoms with Gasteiger partial charge in [-0.05, 0) is 56.2 Å². The van der Waals surface area contributed by atoms with Gasteiger partial charge in [-0.15, -0.1) is 0 Å². The second kappa shape index (κ2) is 5.14. The van der Waals surface area contributed by atoms with Gasteiger partial charge >= 0.3 is 5.97 Å². The molecule has 1 N–H and O–H groups in total. The first-order valence-corrected chi connectivity index (χ1v) is 6.06. The lowest BCUT2D eigenvalue weighted by molar-refractivity contribution is 0.0733. The van der Waals surface area contributed by atoms with Crippen LogP contribution in [0.15, 0.2) is 36.4 Å². The number of rotatable bonds is 2. The predicted octanol–water partition coefficient (Wildman–Crippen LogP) is 3.54. The van der Waals surface area contributed by atoms with Crippen LogP contribution >= 0.6 is 0 Å². The van der Waals surface area contributed by atoms with Crippen LogP contribution in [0.4, 0.5) is 0 Å². The minimum Gasteiger partial charge on any atom is -0.508 e. The van der Waals surface area contributed by atoms with Gasteiger partial charge in [0.25, 0.3) is 0 Å². The summed E-state index contributed by atoms with van der Waals surface area (Å²) in [4.78, 5) is 12.2. The van der Waals surface area contributed by atoms with Crippen LogP contribution in [0.1, 0.15) is 27.0 Å². The van der Waals surface area contributed by atoms with E-state index in [1.807, 2.05) is 32.9 Å². The molecule has 2 aromatic carbocycles. The first-order chi connectivity index (χ1) is 8.97. The van der Waals surface area contributed by atoms with Gasteiger partial charge < -0.3 is 9.84 Å². The fraction of sp³-hybridized carbons (Fsp3) is 0.188. The third-order valence-corrected chi connectivity index (χ3v) is 2.93. The molecule has 2 rings (SSSR count). The molecule has 19 heavy (non-hydrogen) atoms. The Morgan fingerprint density at radius 1 is 1.00 bits per heavy atom. The Kier molecular flexibility index (Phi) is 3.56. The van der Waals surface area contributed by atoms with Crippen LogP contribution in [0.5, 0.6) is 11.5 Å². The molecule has 3 nitrogen and oxygen atoms in total. The highest BCUT2D eigenvalue weighted by atomic mass is 16.5. The topological polar surface area (TPSA) is 46.5 Å². The number of benzene rings is 2. The summed E-state index contributed by atoms with van der Waals surface area (Å²) in [6, 6.07) is 10.0. The van der Waals surface area contributed by atoms with Gasteiger partial charge in [-0.1, -0.05) is 17.7 Å². The molecule has 0 atom stereocenters. The summed E-state index contributed by atoms with van der Waals surface area (Å²) in [5.41, 5.74) is 3.53. The standard InChI is InChI=1S/C16H16O3/c1-10-8-11(2)15(12(3)9-10)16(18)19-14-6-4-13(17)5-7-14/h4-9,17H,1-3H3. The van der Waals surface area contributed by atoms with Gasteiger partial charge in [0.05, 0.1) is 5.56 Å². The molecule has 0 aromatic heterocycles. The summed E-state index contributed by atoms with van der Waals surface area (Å²) in [7, 11) is 0. The molecule has 0 aliphatic carbocycles. The predicted molar refractivity (Wildman–Crippen MR) is 73.7 cm³/mol. The molecule has 0 aliphatic rings. The molecule has 0 saturated heterocycles. The molecule has 0 fully saturated rings. The molecule has 0 saturated carbocycles. The first-order valence-electron chi connectivity index (χ1n) is 6.06. The third kappa shape index (κ3) is 2.94. The number of hydrogen-bond donors (Lipinski definition) is 1. The average Bonchev–Trinajstić information content (AvgIpc) is 2.30. The summed E-state index contributed by atoms with van der Waals surface area (Å²) in [6.45, 7) is 5.79. The zero-order chi connectivity index (χ0) is 14.0. The van der Waals surface area contributed by atoms with E-state index in [0.29, 0.717) is 11.3 Å². The van der Waals surface area contributed by atoms with E-state index in [1.54, 1.807) is 12.1 Å². The Morgan fingerprint density at radius 3 is 2.05 bits per heavy atom. The lowest BCUT2D eigenvalue weighted by atomic mass is 10.00. The number of carbonyl (C=O) groups is 1. The largest absolute Gasteiger partial charge is 0.508 e. The van der Waals surface area contributed by atoms with Crippen molar-refractivity contribution in [1.82, 2.24) is 0 Å². The van der Waals surface area contributed by atoms with Crippen LogP contribution in [-0.4, -0.2) is 11.1 Å². The van der Waals surface area contributed by atoms with E-state index in [0.717, 1.165) is 16.7 Å². The van der Waals surface area contributed by atoms with E-state index in [9.17, 15) is 9.90 Å². The van der Waals surface area contributed by atoms with E-state index in [2.05, 4.69) is 0 Å². The van der Waals surface area contributed by atoms with Crippen molar-refractivity contribution in [1.29, 1.82) is 0 Å². The highest BCUT2D eigenvalue weighted by molar-refractivity contribution is 5.94. The Balaban J connectivity index is 2.28. The molecule has 0 heterocycles. The summed E-state index contributed by atoms with van der Waals surface area (Å²) in [5, 5.41) is 9.19. The van der Waals surface area contributed by atoms with Gasteiger partial charge in [-0.3, -0.25) is 0 Å². The van der Waals surface area contributed by atoms with Gasteiger partial charge in [0, 0.05) is 0 Å². The van der Waals surface area contributed by atoms with Gasteiger partial charge in [-0.25, -0.2) is 4.79 Å².